The number of halogens is 1. The van der Waals surface area contributed by atoms with Crippen LogP contribution in [0.4, 0.5) is 10.2 Å². The van der Waals surface area contributed by atoms with Crippen molar-refractivity contribution in [1.29, 1.82) is 0 Å². The minimum absolute atomic E-state index is 0.253. The van der Waals surface area contributed by atoms with E-state index in [0.29, 0.717) is 26.2 Å². The van der Waals surface area contributed by atoms with Gasteiger partial charge in [0, 0.05) is 43.5 Å². The van der Waals surface area contributed by atoms with Crippen LogP contribution in [0.15, 0.2) is 35.3 Å². The van der Waals surface area contributed by atoms with E-state index < -0.39 is 6.04 Å². The number of piperazine rings is 1. The van der Waals surface area contributed by atoms with E-state index in [4.69, 9.17) is 4.74 Å². The SMILES string of the molecule is CCOC(=O)C1CN(c2n[nH]c(-c3ccc(F)cc3)c2C2=CC=NCC2)CCN1. The Morgan fingerprint density at radius 1 is 1.34 bits per heavy atom. The molecule has 4 rings (SSSR count). The average Bonchev–Trinajstić information content (AvgIpc) is 3.20. The van der Waals surface area contributed by atoms with Gasteiger partial charge in [-0.05, 0) is 49.3 Å². The first-order valence-corrected chi connectivity index (χ1v) is 9.86. The Morgan fingerprint density at radius 2 is 2.17 bits per heavy atom. The van der Waals surface area contributed by atoms with Gasteiger partial charge in [-0.1, -0.05) is 0 Å². The lowest BCUT2D eigenvalue weighted by atomic mass is 9.96. The zero-order chi connectivity index (χ0) is 20.2. The molecule has 1 aromatic carbocycles. The van der Waals surface area contributed by atoms with Crippen LogP contribution in [0.25, 0.3) is 16.8 Å². The summed E-state index contributed by atoms with van der Waals surface area (Å²) in [6.45, 7) is 4.72. The number of hydrogen-bond acceptors (Lipinski definition) is 6. The van der Waals surface area contributed by atoms with Crippen molar-refractivity contribution in [2.24, 2.45) is 4.99 Å². The minimum atomic E-state index is -0.399. The molecule has 1 aromatic heterocycles. The highest BCUT2D eigenvalue weighted by Crippen LogP contribution is 2.37. The lowest BCUT2D eigenvalue weighted by Crippen LogP contribution is -2.55. The van der Waals surface area contributed by atoms with Gasteiger partial charge in [0.05, 0.1) is 12.3 Å². The van der Waals surface area contributed by atoms with Crippen LogP contribution >= 0.6 is 0 Å². The van der Waals surface area contributed by atoms with E-state index in [1.54, 1.807) is 19.1 Å². The van der Waals surface area contributed by atoms with Crippen molar-refractivity contribution in [3.8, 4) is 11.3 Å². The molecule has 0 saturated carbocycles. The minimum Gasteiger partial charge on any atom is -0.465 e. The number of dihydropyridines is 1. The molecule has 29 heavy (non-hydrogen) atoms. The predicted molar refractivity (Wildman–Crippen MR) is 111 cm³/mol. The number of carbonyl (C=O) groups is 1. The van der Waals surface area contributed by atoms with Crippen LogP contribution in [0.3, 0.4) is 0 Å². The Balaban J connectivity index is 1.71. The van der Waals surface area contributed by atoms with Crippen LogP contribution in [0.2, 0.25) is 0 Å². The maximum Gasteiger partial charge on any atom is 0.324 e. The third kappa shape index (κ3) is 4.07. The molecule has 3 heterocycles. The van der Waals surface area contributed by atoms with Gasteiger partial charge in [0.2, 0.25) is 0 Å². The van der Waals surface area contributed by atoms with Crippen molar-refractivity contribution in [3.63, 3.8) is 0 Å². The molecule has 0 spiro atoms. The highest BCUT2D eigenvalue weighted by Gasteiger charge is 2.30. The molecule has 0 bridgehead atoms. The van der Waals surface area contributed by atoms with Crippen LogP contribution in [0.5, 0.6) is 0 Å². The van der Waals surface area contributed by atoms with Crippen molar-refractivity contribution in [1.82, 2.24) is 15.5 Å². The molecule has 2 aliphatic heterocycles. The van der Waals surface area contributed by atoms with Crippen molar-refractivity contribution in [3.05, 3.63) is 41.7 Å². The molecule has 0 aliphatic carbocycles. The second-order valence-electron chi connectivity index (χ2n) is 7.01. The molecule has 7 nitrogen and oxygen atoms in total. The number of nitrogens with one attached hydrogen (secondary N) is 2. The van der Waals surface area contributed by atoms with Gasteiger partial charge in [-0.15, -0.1) is 0 Å². The van der Waals surface area contributed by atoms with Crippen molar-refractivity contribution >= 4 is 23.6 Å². The number of aromatic amines is 1. The van der Waals surface area contributed by atoms with Gasteiger partial charge < -0.3 is 15.0 Å². The summed E-state index contributed by atoms with van der Waals surface area (Å²) in [6.07, 6.45) is 4.60. The molecule has 2 aliphatic rings. The van der Waals surface area contributed by atoms with Gasteiger partial charge in [0.25, 0.3) is 0 Å². The number of H-pyrrole nitrogens is 1. The zero-order valence-corrected chi connectivity index (χ0v) is 16.3. The van der Waals surface area contributed by atoms with Crippen LogP contribution in [-0.4, -0.2) is 61.2 Å². The van der Waals surface area contributed by atoms with E-state index >= 15 is 0 Å². The third-order valence-electron chi connectivity index (χ3n) is 5.14. The Bertz CT molecular complexity index is 935. The Morgan fingerprint density at radius 3 is 2.90 bits per heavy atom. The normalized spacial score (nSPS) is 19.2. The molecule has 2 aromatic rings. The summed E-state index contributed by atoms with van der Waals surface area (Å²) >= 11 is 0. The summed E-state index contributed by atoms with van der Waals surface area (Å²) in [4.78, 5) is 18.6. The first-order valence-electron chi connectivity index (χ1n) is 9.86. The van der Waals surface area contributed by atoms with E-state index in [-0.39, 0.29) is 11.8 Å². The Hall–Kier alpha value is -3.00. The van der Waals surface area contributed by atoms with Gasteiger partial charge >= 0.3 is 5.97 Å². The number of anilines is 1. The number of hydrogen-bond donors (Lipinski definition) is 2. The summed E-state index contributed by atoms with van der Waals surface area (Å²) in [5.74, 6) is 0.261. The topological polar surface area (TPSA) is 82.6 Å². The van der Waals surface area contributed by atoms with Gasteiger partial charge in [-0.25, -0.2) is 4.39 Å². The van der Waals surface area contributed by atoms with E-state index in [2.05, 4.69) is 25.4 Å². The fraction of sp³-hybridized carbons (Fsp3) is 0.381. The number of allylic oxidation sites excluding steroid dienone is 1. The van der Waals surface area contributed by atoms with Crippen LogP contribution in [0.1, 0.15) is 18.9 Å². The molecule has 1 atom stereocenters. The van der Waals surface area contributed by atoms with E-state index in [9.17, 15) is 9.18 Å². The Kier molecular flexibility index (Phi) is 5.71. The van der Waals surface area contributed by atoms with E-state index in [1.807, 2.05) is 12.3 Å². The fourth-order valence-electron chi connectivity index (χ4n) is 3.73. The number of ether oxygens (including phenoxy) is 1. The number of nitrogens with zero attached hydrogens (tertiary/aromatic N) is 3. The second-order valence-corrected chi connectivity index (χ2v) is 7.01. The summed E-state index contributed by atoms with van der Waals surface area (Å²) in [6, 6.07) is 5.97. The smallest absolute Gasteiger partial charge is 0.324 e. The molecule has 0 amide bonds. The van der Waals surface area contributed by atoms with Crippen LogP contribution in [-0.2, 0) is 9.53 Å². The summed E-state index contributed by atoms with van der Waals surface area (Å²) < 4.78 is 18.6. The number of aliphatic imine (C=N–C) groups is 1. The van der Waals surface area contributed by atoms with Crippen molar-refractivity contribution in [2.45, 2.75) is 19.4 Å². The lowest BCUT2D eigenvalue weighted by molar-refractivity contribution is -0.145. The number of aromatic nitrogens is 2. The third-order valence-corrected chi connectivity index (χ3v) is 5.14. The van der Waals surface area contributed by atoms with Gasteiger partial charge in [-0.2, -0.15) is 5.10 Å². The average molecular weight is 397 g/mol. The van der Waals surface area contributed by atoms with E-state index in [0.717, 1.165) is 41.2 Å². The van der Waals surface area contributed by atoms with Gasteiger partial charge in [0.1, 0.15) is 11.9 Å². The standard InChI is InChI=1S/C21H24FN5O2/c1-2-29-21(28)17-13-27(12-11-24-17)20-18(14-7-9-23-10-8-14)19(25-26-20)15-3-5-16(22)6-4-15/h3-7,9,17,24H,2,8,10-13H2,1H3,(H,25,26). The van der Waals surface area contributed by atoms with Gasteiger partial charge in [0.15, 0.2) is 5.82 Å². The summed E-state index contributed by atoms with van der Waals surface area (Å²) in [7, 11) is 0. The Labute approximate surface area is 168 Å². The molecule has 152 valence electrons. The number of benzene rings is 1. The van der Waals surface area contributed by atoms with Crippen molar-refractivity contribution < 1.29 is 13.9 Å². The molecule has 1 fully saturated rings. The summed E-state index contributed by atoms with van der Waals surface area (Å²) in [5, 5.41) is 10.9. The number of esters is 1. The molecule has 2 N–H and O–H groups in total. The molecular weight excluding hydrogens is 373 g/mol. The van der Waals surface area contributed by atoms with Gasteiger partial charge in [-0.3, -0.25) is 14.9 Å². The monoisotopic (exact) mass is 397 g/mol. The first kappa shape index (κ1) is 19.3. The predicted octanol–water partition coefficient (Wildman–Crippen LogP) is 2.42. The summed E-state index contributed by atoms with van der Waals surface area (Å²) in [5.41, 5.74) is 3.80. The zero-order valence-electron chi connectivity index (χ0n) is 16.3. The van der Waals surface area contributed by atoms with E-state index in [1.165, 1.54) is 12.1 Å². The molecule has 1 unspecified atom stereocenters. The van der Waals surface area contributed by atoms with Crippen molar-refractivity contribution in [2.75, 3.05) is 37.7 Å². The largest absolute Gasteiger partial charge is 0.465 e. The highest BCUT2D eigenvalue weighted by atomic mass is 19.1. The highest BCUT2D eigenvalue weighted by molar-refractivity contribution is 5.94. The molecule has 8 heteroatoms. The number of carbonyl (C=O) groups excluding carboxylic acids is 1. The maximum absolute atomic E-state index is 13.4. The van der Waals surface area contributed by atoms with Crippen LogP contribution < -0.4 is 10.2 Å². The fourth-order valence-corrected chi connectivity index (χ4v) is 3.73. The number of rotatable bonds is 5. The molecule has 1 saturated heterocycles. The quantitative estimate of drug-likeness (QED) is 0.758. The molecular formula is C21H24FN5O2. The molecule has 0 radical (unpaired) electrons. The first-order chi connectivity index (χ1) is 14.2. The second kappa shape index (κ2) is 8.57. The maximum atomic E-state index is 13.4. The van der Waals surface area contributed by atoms with Crippen LogP contribution in [0, 0.1) is 5.82 Å². The lowest BCUT2D eigenvalue weighted by Gasteiger charge is -2.33.